The molecule has 2 rings (SSSR count). The van der Waals surface area contributed by atoms with Crippen molar-refractivity contribution in [2.75, 3.05) is 11.1 Å². The topological polar surface area (TPSA) is 38.0 Å². The first-order valence-corrected chi connectivity index (χ1v) is 6.47. The Morgan fingerprint density at radius 2 is 2.00 bits per heavy atom. The number of anilines is 2. The monoisotopic (exact) mass is 328 g/mol. The second-order valence-electron chi connectivity index (χ2n) is 3.80. The number of nitrogens with two attached hydrogens (primary N) is 1. The number of nitrogen functional groups attached to an aromatic ring is 1. The minimum atomic E-state index is -0.379. The van der Waals surface area contributed by atoms with E-state index in [9.17, 15) is 4.39 Å². The van der Waals surface area contributed by atoms with Gasteiger partial charge in [-0.3, -0.25) is 0 Å². The van der Waals surface area contributed by atoms with Crippen molar-refractivity contribution in [3.05, 3.63) is 57.3 Å². The highest BCUT2D eigenvalue weighted by Crippen LogP contribution is 2.27. The van der Waals surface area contributed by atoms with E-state index in [0.717, 1.165) is 5.56 Å². The summed E-state index contributed by atoms with van der Waals surface area (Å²) in [5, 5.41) is 3.82. The van der Waals surface area contributed by atoms with E-state index in [2.05, 4.69) is 21.2 Å². The molecule has 0 radical (unpaired) electrons. The number of hydrogen-bond acceptors (Lipinski definition) is 2. The molecule has 18 heavy (non-hydrogen) atoms. The van der Waals surface area contributed by atoms with E-state index in [1.54, 1.807) is 6.07 Å². The molecule has 0 heterocycles. The van der Waals surface area contributed by atoms with Gasteiger partial charge in [0.05, 0.1) is 15.8 Å². The minimum Gasteiger partial charge on any atom is -0.397 e. The van der Waals surface area contributed by atoms with Crippen LogP contribution < -0.4 is 11.1 Å². The van der Waals surface area contributed by atoms with Crippen molar-refractivity contribution in [1.82, 2.24) is 0 Å². The van der Waals surface area contributed by atoms with Gasteiger partial charge in [0.15, 0.2) is 0 Å². The van der Waals surface area contributed by atoms with Crippen LogP contribution >= 0.6 is 27.5 Å². The first kappa shape index (κ1) is 13.2. The molecule has 0 saturated heterocycles. The quantitative estimate of drug-likeness (QED) is 0.817. The fraction of sp³-hybridized carbons (Fsp3) is 0.0769. The molecule has 0 amide bonds. The van der Waals surface area contributed by atoms with Crippen LogP contribution in [0.15, 0.2) is 40.9 Å². The van der Waals surface area contributed by atoms with E-state index in [1.807, 2.05) is 24.3 Å². The molecule has 0 spiro atoms. The largest absolute Gasteiger partial charge is 0.397 e. The van der Waals surface area contributed by atoms with E-state index in [-0.39, 0.29) is 5.82 Å². The maximum Gasteiger partial charge on any atom is 0.139 e. The second-order valence-corrected chi connectivity index (χ2v) is 5.06. The van der Waals surface area contributed by atoms with Crippen LogP contribution in [0.5, 0.6) is 0 Å². The summed E-state index contributed by atoms with van der Waals surface area (Å²) in [6.45, 7) is 0.530. The van der Waals surface area contributed by atoms with Crippen molar-refractivity contribution in [2.24, 2.45) is 0 Å². The van der Waals surface area contributed by atoms with Crippen LogP contribution in [0.4, 0.5) is 15.8 Å². The van der Waals surface area contributed by atoms with Gasteiger partial charge in [0.25, 0.3) is 0 Å². The van der Waals surface area contributed by atoms with Crippen molar-refractivity contribution >= 4 is 38.9 Å². The van der Waals surface area contributed by atoms with Crippen LogP contribution in [-0.2, 0) is 6.54 Å². The molecule has 0 aromatic heterocycles. The molecule has 2 aromatic rings. The third-order valence-electron chi connectivity index (χ3n) is 2.52. The average Bonchev–Trinajstić information content (AvgIpc) is 2.34. The number of benzene rings is 2. The lowest BCUT2D eigenvalue weighted by Gasteiger charge is -2.11. The van der Waals surface area contributed by atoms with E-state index < -0.39 is 0 Å². The number of rotatable bonds is 3. The van der Waals surface area contributed by atoms with Crippen LogP contribution in [-0.4, -0.2) is 0 Å². The van der Waals surface area contributed by atoms with Crippen LogP contribution in [0.25, 0.3) is 0 Å². The zero-order valence-corrected chi connectivity index (χ0v) is 11.7. The Balaban J connectivity index is 2.16. The van der Waals surface area contributed by atoms with Crippen LogP contribution in [0.1, 0.15) is 5.56 Å². The third-order valence-corrected chi connectivity index (χ3v) is 3.50. The smallest absolute Gasteiger partial charge is 0.139 e. The molecular weight excluding hydrogens is 319 g/mol. The summed E-state index contributed by atoms with van der Waals surface area (Å²) in [7, 11) is 0. The molecule has 5 heteroatoms. The predicted octanol–water partition coefficient (Wildman–Crippen LogP) is 4.44. The summed E-state index contributed by atoms with van der Waals surface area (Å²) in [5.41, 5.74) is 7.73. The van der Waals surface area contributed by atoms with Crippen molar-refractivity contribution in [1.29, 1.82) is 0 Å². The molecule has 3 N–H and O–H groups in total. The molecule has 2 aromatic carbocycles. The molecule has 0 aliphatic rings. The van der Waals surface area contributed by atoms with Gasteiger partial charge in [-0.15, -0.1) is 0 Å². The fourth-order valence-corrected chi connectivity index (χ4v) is 2.09. The Morgan fingerprint density at radius 3 is 2.72 bits per heavy atom. The molecule has 94 valence electrons. The highest BCUT2D eigenvalue weighted by atomic mass is 79.9. The van der Waals surface area contributed by atoms with Crippen molar-refractivity contribution in [2.45, 2.75) is 6.54 Å². The zero-order chi connectivity index (χ0) is 13.1. The summed E-state index contributed by atoms with van der Waals surface area (Å²) in [6.07, 6.45) is 0. The third kappa shape index (κ3) is 2.94. The zero-order valence-electron chi connectivity index (χ0n) is 9.38. The summed E-state index contributed by atoms with van der Waals surface area (Å²) >= 11 is 9.17. The van der Waals surface area contributed by atoms with Gasteiger partial charge in [-0.25, -0.2) is 4.39 Å². The standard InChI is InChI=1S/C13H11BrClFN2/c14-9-5-13(12(17)6-11(9)16)18-7-8-3-1-2-4-10(8)15/h1-6,18H,7,17H2. The summed E-state index contributed by atoms with van der Waals surface area (Å²) < 4.78 is 13.6. The van der Waals surface area contributed by atoms with Gasteiger partial charge in [-0.05, 0) is 33.6 Å². The SMILES string of the molecule is Nc1cc(F)c(Br)cc1NCc1ccccc1Cl. The van der Waals surface area contributed by atoms with Crippen molar-refractivity contribution < 1.29 is 4.39 Å². The highest BCUT2D eigenvalue weighted by molar-refractivity contribution is 9.10. The molecule has 0 saturated carbocycles. The Bertz CT molecular complexity index is 575. The number of hydrogen-bond donors (Lipinski definition) is 2. The normalized spacial score (nSPS) is 10.4. The van der Waals surface area contributed by atoms with Gasteiger partial charge in [0.1, 0.15) is 5.82 Å². The molecule has 0 atom stereocenters. The number of nitrogens with one attached hydrogen (secondary N) is 1. The van der Waals surface area contributed by atoms with Gasteiger partial charge in [0.2, 0.25) is 0 Å². The maximum absolute atomic E-state index is 13.2. The Hall–Kier alpha value is -1.26. The van der Waals surface area contributed by atoms with Gasteiger partial charge in [-0.2, -0.15) is 0 Å². The van der Waals surface area contributed by atoms with E-state index in [4.69, 9.17) is 17.3 Å². The summed E-state index contributed by atoms with van der Waals surface area (Å²) in [6, 6.07) is 10.4. The molecular formula is C13H11BrClFN2. The summed E-state index contributed by atoms with van der Waals surface area (Å²) in [4.78, 5) is 0. The second kappa shape index (κ2) is 5.59. The van der Waals surface area contributed by atoms with Crippen LogP contribution in [0, 0.1) is 5.82 Å². The van der Waals surface area contributed by atoms with Gasteiger partial charge >= 0.3 is 0 Å². The lowest BCUT2D eigenvalue weighted by molar-refractivity contribution is 0.622. The summed E-state index contributed by atoms with van der Waals surface area (Å²) in [5.74, 6) is -0.379. The Labute approximate surface area is 118 Å². The fourth-order valence-electron chi connectivity index (χ4n) is 1.55. The Morgan fingerprint density at radius 1 is 1.28 bits per heavy atom. The molecule has 2 nitrogen and oxygen atoms in total. The van der Waals surface area contributed by atoms with E-state index in [1.165, 1.54) is 6.07 Å². The van der Waals surface area contributed by atoms with Crippen LogP contribution in [0.2, 0.25) is 5.02 Å². The molecule has 0 fully saturated rings. The van der Waals surface area contributed by atoms with E-state index in [0.29, 0.717) is 27.4 Å². The highest BCUT2D eigenvalue weighted by Gasteiger charge is 2.06. The van der Waals surface area contributed by atoms with Gasteiger partial charge < -0.3 is 11.1 Å². The lowest BCUT2D eigenvalue weighted by Crippen LogP contribution is -2.03. The average molecular weight is 330 g/mol. The number of halogens is 3. The van der Waals surface area contributed by atoms with Crippen molar-refractivity contribution in [3.63, 3.8) is 0 Å². The minimum absolute atomic E-state index is 0.364. The van der Waals surface area contributed by atoms with Gasteiger partial charge in [0, 0.05) is 17.6 Å². The van der Waals surface area contributed by atoms with Crippen LogP contribution in [0.3, 0.4) is 0 Å². The maximum atomic E-state index is 13.2. The Kier molecular flexibility index (Phi) is 4.09. The van der Waals surface area contributed by atoms with Gasteiger partial charge in [-0.1, -0.05) is 29.8 Å². The lowest BCUT2D eigenvalue weighted by atomic mass is 10.2. The molecule has 0 aliphatic carbocycles. The predicted molar refractivity (Wildman–Crippen MR) is 77.3 cm³/mol. The molecule has 0 unspecified atom stereocenters. The first-order chi connectivity index (χ1) is 8.58. The first-order valence-electron chi connectivity index (χ1n) is 5.29. The molecule has 0 bridgehead atoms. The molecule has 0 aliphatic heterocycles. The van der Waals surface area contributed by atoms with E-state index >= 15 is 0 Å². The van der Waals surface area contributed by atoms with Crippen molar-refractivity contribution in [3.8, 4) is 0 Å².